The molecule has 3 aromatic rings. The van der Waals surface area contributed by atoms with Crippen molar-refractivity contribution < 1.29 is 0 Å². The Hall–Kier alpha value is -2.53. The summed E-state index contributed by atoms with van der Waals surface area (Å²) >= 11 is 0. The lowest BCUT2D eigenvalue weighted by atomic mass is 9.79. The van der Waals surface area contributed by atoms with Crippen LogP contribution in [0.1, 0.15) is 70.6 Å². The second-order valence-electron chi connectivity index (χ2n) is 11.2. The molecule has 2 aromatic heterocycles. The first kappa shape index (κ1) is 21.3. The number of benzene rings is 1. The van der Waals surface area contributed by atoms with E-state index in [9.17, 15) is 0 Å². The Morgan fingerprint density at radius 1 is 0.938 bits per heavy atom. The van der Waals surface area contributed by atoms with Crippen LogP contribution < -0.4 is 10.2 Å². The van der Waals surface area contributed by atoms with Crippen LogP contribution in [0.4, 0.5) is 5.82 Å². The van der Waals surface area contributed by atoms with Crippen LogP contribution in [0.5, 0.6) is 0 Å². The molecule has 0 amide bonds. The summed E-state index contributed by atoms with van der Waals surface area (Å²) in [5.74, 6) is 1.62. The number of fused-ring (bicyclic) bond motifs is 1. The van der Waals surface area contributed by atoms with E-state index in [0.717, 1.165) is 41.1 Å². The van der Waals surface area contributed by atoms with E-state index in [2.05, 4.69) is 98.5 Å². The molecule has 5 rings (SSSR count). The van der Waals surface area contributed by atoms with E-state index in [1.807, 2.05) is 0 Å². The largest absolute Gasteiger partial charge is 0.355 e. The number of hydrogen-bond donors (Lipinski definition) is 1. The van der Waals surface area contributed by atoms with Gasteiger partial charge in [-0.25, -0.2) is 0 Å². The summed E-state index contributed by atoms with van der Waals surface area (Å²) in [4.78, 5) is 7.05. The molecule has 0 radical (unpaired) electrons. The van der Waals surface area contributed by atoms with Crippen LogP contribution >= 0.6 is 0 Å². The van der Waals surface area contributed by atoms with Crippen molar-refractivity contribution in [3.8, 4) is 11.3 Å². The average Bonchev–Trinajstić information content (AvgIpc) is 3.55. The molecule has 168 valence electrons. The molecule has 0 atom stereocenters. The fourth-order valence-electron chi connectivity index (χ4n) is 5.68. The maximum Gasteiger partial charge on any atom is 0.151 e. The summed E-state index contributed by atoms with van der Waals surface area (Å²) in [5, 5.41) is 14.3. The van der Waals surface area contributed by atoms with Gasteiger partial charge in [-0.15, -0.1) is 10.2 Å². The van der Waals surface area contributed by atoms with Gasteiger partial charge in [0.05, 0.1) is 11.2 Å². The highest BCUT2D eigenvalue weighted by atomic mass is 15.3. The standard InChI is InChI=1S/C27H35N5/c1-17-13-21(18-7-8-18)22-14-19(9-10-24(22)28-17)23-11-12-25(30-29-23)32(6)20-15-26(2,3)31-27(4,5)16-20/h9-14,18,20,31H,7-8,15-16H2,1-6H3. The average molecular weight is 430 g/mol. The predicted molar refractivity (Wildman–Crippen MR) is 132 cm³/mol. The first-order valence-electron chi connectivity index (χ1n) is 11.9. The van der Waals surface area contributed by atoms with Crippen molar-refractivity contribution in [3.63, 3.8) is 0 Å². The fourth-order valence-corrected chi connectivity index (χ4v) is 5.68. The topological polar surface area (TPSA) is 53.9 Å². The number of rotatable bonds is 4. The number of aromatic nitrogens is 3. The number of nitrogens with zero attached hydrogens (tertiary/aromatic N) is 4. The van der Waals surface area contributed by atoms with Crippen LogP contribution in [0.3, 0.4) is 0 Å². The molecule has 0 unspecified atom stereocenters. The fraction of sp³-hybridized carbons (Fsp3) is 0.519. The van der Waals surface area contributed by atoms with E-state index >= 15 is 0 Å². The third-order valence-corrected chi connectivity index (χ3v) is 7.01. The minimum absolute atomic E-state index is 0.102. The molecule has 5 heteroatoms. The number of nitrogens with one attached hydrogen (secondary N) is 1. The van der Waals surface area contributed by atoms with Crippen LogP contribution in [-0.4, -0.2) is 39.3 Å². The van der Waals surface area contributed by atoms with Crippen molar-refractivity contribution in [2.24, 2.45) is 0 Å². The van der Waals surface area contributed by atoms with E-state index in [4.69, 9.17) is 4.98 Å². The Balaban J connectivity index is 1.42. The van der Waals surface area contributed by atoms with Gasteiger partial charge in [0.2, 0.25) is 0 Å². The Morgan fingerprint density at radius 3 is 2.28 bits per heavy atom. The number of aryl methyl sites for hydroxylation is 1. The lowest BCUT2D eigenvalue weighted by Gasteiger charge is -2.49. The summed E-state index contributed by atoms with van der Waals surface area (Å²) in [6, 6.07) is 13.4. The molecular formula is C27H35N5. The Morgan fingerprint density at radius 2 is 1.66 bits per heavy atom. The Kier molecular flexibility index (Phi) is 5.01. The van der Waals surface area contributed by atoms with Gasteiger partial charge in [-0.1, -0.05) is 6.07 Å². The van der Waals surface area contributed by atoms with E-state index in [1.165, 1.54) is 23.8 Å². The van der Waals surface area contributed by atoms with Gasteiger partial charge in [0.25, 0.3) is 0 Å². The lowest BCUT2D eigenvalue weighted by Crippen LogP contribution is -2.62. The van der Waals surface area contributed by atoms with E-state index < -0.39 is 0 Å². The number of anilines is 1. The second kappa shape index (κ2) is 7.51. The highest BCUT2D eigenvalue weighted by Crippen LogP contribution is 2.43. The van der Waals surface area contributed by atoms with Crippen molar-refractivity contribution in [1.29, 1.82) is 0 Å². The molecule has 32 heavy (non-hydrogen) atoms. The van der Waals surface area contributed by atoms with Gasteiger partial charge in [0, 0.05) is 40.8 Å². The molecule has 0 bridgehead atoms. The lowest BCUT2D eigenvalue weighted by molar-refractivity contribution is 0.160. The van der Waals surface area contributed by atoms with E-state index in [1.54, 1.807) is 0 Å². The van der Waals surface area contributed by atoms with Crippen molar-refractivity contribution in [1.82, 2.24) is 20.5 Å². The summed E-state index contributed by atoms with van der Waals surface area (Å²) in [6.07, 6.45) is 4.73. The highest BCUT2D eigenvalue weighted by molar-refractivity contribution is 5.87. The molecule has 1 aliphatic heterocycles. The van der Waals surface area contributed by atoms with E-state index in [-0.39, 0.29) is 11.1 Å². The van der Waals surface area contributed by atoms with Gasteiger partial charge in [-0.05, 0) is 102 Å². The molecule has 2 fully saturated rings. The van der Waals surface area contributed by atoms with Gasteiger partial charge in [-0.2, -0.15) is 0 Å². The first-order valence-corrected chi connectivity index (χ1v) is 11.9. The quantitative estimate of drug-likeness (QED) is 0.583. The van der Waals surface area contributed by atoms with Crippen LogP contribution in [0, 0.1) is 6.92 Å². The van der Waals surface area contributed by atoms with Gasteiger partial charge >= 0.3 is 0 Å². The zero-order chi connectivity index (χ0) is 22.7. The third-order valence-electron chi connectivity index (χ3n) is 7.01. The van der Waals surface area contributed by atoms with Crippen molar-refractivity contribution >= 4 is 16.7 Å². The molecule has 2 aliphatic rings. The summed E-state index contributed by atoms with van der Waals surface area (Å²) in [7, 11) is 2.15. The van der Waals surface area contributed by atoms with Gasteiger partial charge < -0.3 is 10.2 Å². The predicted octanol–water partition coefficient (Wildman–Crippen LogP) is 5.62. The van der Waals surface area contributed by atoms with Crippen LogP contribution in [0.2, 0.25) is 0 Å². The highest BCUT2D eigenvalue weighted by Gasteiger charge is 2.39. The van der Waals surface area contributed by atoms with Crippen molar-refractivity contribution in [3.05, 3.63) is 47.7 Å². The molecule has 1 aromatic carbocycles. The number of pyridine rings is 1. The zero-order valence-corrected chi connectivity index (χ0v) is 20.2. The number of hydrogen-bond acceptors (Lipinski definition) is 5. The third kappa shape index (κ3) is 4.23. The maximum absolute atomic E-state index is 4.75. The molecular weight excluding hydrogens is 394 g/mol. The van der Waals surface area contributed by atoms with Crippen LogP contribution in [-0.2, 0) is 0 Å². The molecule has 1 N–H and O–H groups in total. The van der Waals surface area contributed by atoms with Gasteiger partial charge in [0.15, 0.2) is 5.82 Å². The van der Waals surface area contributed by atoms with Gasteiger partial charge in [-0.3, -0.25) is 4.98 Å². The molecule has 1 saturated carbocycles. The summed E-state index contributed by atoms with van der Waals surface area (Å²) < 4.78 is 0. The normalized spacial score (nSPS) is 20.4. The second-order valence-corrected chi connectivity index (χ2v) is 11.2. The van der Waals surface area contributed by atoms with Gasteiger partial charge in [0.1, 0.15) is 0 Å². The minimum atomic E-state index is 0.102. The summed E-state index contributed by atoms with van der Waals surface area (Å²) in [5.41, 5.74) is 5.85. The molecule has 3 heterocycles. The maximum atomic E-state index is 4.75. The molecule has 1 saturated heterocycles. The van der Waals surface area contributed by atoms with E-state index in [0.29, 0.717) is 12.0 Å². The smallest absolute Gasteiger partial charge is 0.151 e. The summed E-state index contributed by atoms with van der Waals surface area (Å²) in [6.45, 7) is 11.2. The van der Waals surface area contributed by atoms with Crippen LogP contribution in [0.25, 0.3) is 22.2 Å². The van der Waals surface area contributed by atoms with Crippen LogP contribution in [0.15, 0.2) is 36.4 Å². The molecule has 0 spiro atoms. The Bertz CT molecular complexity index is 1130. The van der Waals surface area contributed by atoms with Crippen molar-refractivity contribution in [2.75, 3.05) is 11.9 Å². The van der Waals surface area contributed by atoms with Crippen molar-refractivity contribution in [2.45, 2.75) is 83.3 Å². The monoisotopic (exact) mass is 429 g/mol. The molecule has 1 aliphatic carbocycles. The number of piperidine rings is 1. The molecule has 5 nitrogen and oxygen atoms in total. The zero-order valence-electron chi connectivity index (χ0n) is 20.2. The minimum Gasteiger partial charge on any atom is -0.355 e. The Labute approximate surface area is 191 Å². The SMILES string of the molecule is Cc1cc(C2CC2)c2cc(-c3ccc(N(C)C4CC(C)(C)NC(C)(C)C4)nn3)ccc2n1. The first-order chi connectivity index (χ1) is 15.1.